The molecular formula is C19H25FN2O+2. The van der Waals surface area contributed by atoms with E-state index in [1.807, 2.05) is 18.2 Å². The van der Waals surface area contributed by atoms with Crippen LogP contribution in [0, 0.1) is 5.82 Å². The monoisotopic (exact) mass is 316 g/mol. The van der Waals surface area contributed by atoms with Gasteiger partial charge in [0.1, 0.15) is 50.8 Å². The Balaban J connectivity index is 1.52. The molecule has 122 valence electrons. The zero-order chi connectivity index (χ0) is 16.1. The molecule has 3 rings (SSSR count). The van der Waals surface area contributed by atoms with Crippen LogP contribution in [0.1, 0.15) is 11.1 Å². The second-order valence-corrected chi connectivity index (χ2v) is 6.30. The lowest BCUT2D eigenvalue weighted by atomic mass is 10.1. The quantitative estimate of drug-likeness (QED) is 0.813. The number of piperazine rings is 1. The molecule has 2 aromatic rings. The first-order valence-electron chi connectivity index (χ1n) is 8.28. The Morgan fingerprint density at radius 2 is 1.61 bits per heavy atom. The maximum absolute atomic E-state index is 13.3. The van der Waals surface area contributed by atoms with E-state index in [0.29, 0.717) is 0 Å². The van der Waals surface area contributed by atoms with Crippen LogP contribution in [0.4, 0.5) is 4.39 Å². The van der Waals surface area contributed by atoms with Gasteiger partial charge in [0.2, 0.25) is 0 Å². The van der Waals surface area contributed by atoms with Gasteiger partial charge in [0.05, 0.1) is 7.11 Å². The second-order valence-electron chi connectivity index (χ2n) is 6.30. The van der Waals surface area contributed by atoms with E-state index in [4.69, 9.17) is 4.74 Å². The van der Waals surface area contributed by atoms with Gasteiger partial charge in [-0.1, -0.05) is 24.3 Å². The van der Waals surface area contributed by atoms with Crippen LogP contribution < -0.4 is 14.5 Å². The van der Waals surface area contributed by atoms with E-state index in [0.717, 1.165) is 50.6 Å². The fourth-order valence-corrected chi connectivity index (χ4v) is 3.36. The highest BCUT2D eigenvalue weighted by Crippen LogP contribution is 2.15. The van der Waals surface area contributed by atoms with Crippen molar-refractivity contribution in [1.29, 1.82) is 0 Å². The van der Waals surface area contributed by atoms with Crippen molar-refractivity contribution in [2.45, 2.75) is 13.1 Å². The summed E-state index contributed by atoms with van der Waals surface area (Å²) in [5, 5.41) is 0. The van der Waals surface area contributed by atoms with E-state index in [1.165, 1.54) is 11.6 Å². The molecule has 0 radical (unpaired) electrons. The second kappa shape index (κ2) is 7.57. The van der Waals surface area contributed by atoms with Crippen molar-refractivity contribution in [1.82, 2.24) is 0 Å². The summed E-state index contributed by atoms with van der Waals surface area (Å²) >= 11 is 0. The number of para-hydroxylation sites is 1. The molecule has 0 atom stereocenters. The Bertz CT molecular complexity index is 639. The summed E-state index contributed by atoms with van der Waals surface area (Å²) in [4.78, 5) is 3.14. The van der Waals surface area contributed by atoms with Crippen LogP contribution in [-0.2, 0) is 13.1 Å². The van der Waals surface area contributed by atoms with E-state index >= 15 is 0 Å². The van der Waals surface area contributed by atoms with Crippen LogP contribution in [0.5, 0.6) is 5.75 Å². The minimum Gasteiger partial charge on any atom is -0.496 e. The van der Waals surface area contributed by atoms with Crippen molar-refractivity contribution in [3.8, 4) is 5.75 Å². The molecule has 4 heteroatoms. The molecule has 3 nitrogen and oxygen atoms in total. The summed E-state index contributed by atoms with van der Waals surface area (Å²) in [7, 11) is 1.73. The van der Waals surface area contributed by atoms with Crippen molar-refractivity contribution >= 4 is 0 Å². The molecule has 1 fully saturated rings. The van der Waals surface area contributed by atoms with E-state index < -0.39 is 0 Å². The Morgan fingerprint density at radius 3 is 2.30 bits per heavy atom. The third-order valence-electron chi connectivity index (χ3n) is 4.64. The van der Waals surface area contributed by atoms with Gasteiger partial charge in [-0.05, 0) is 24.3 Å². The van der Waals surface area contributed by atoms with Gasteiger partial charge in [0.15, 0.2) is 0 Å². The minimum absolute atomic E-state index is 0.137. The molecule has 0 spiro atoms. The number of hydrogen-bond donors (Lipinski definition) is 2. The maximum atomic E-state index is 13.3. The molecule has 2 aromatic carbocycles. The minimum atomic E-state index is -0.137. The lowest BCUT2D eigenvalue weighted by Crippen LogP contribution is -3.27. The molecule has 1 aliphatic heterocycles. The summed E-state index contributed by atoms with van der Waals surface area (Å²) in [6.45, 7) is 6.46. The van der Waals surface area contributed by atoms with Crippen molar-refractivity contribution in [2.75, 3.05) is 33.3 Å². The maximum Gasteiger partial charge on any atom is 0.127 e. The first-order valence-corrected chi connectivity index (χ1v) is 8.28. The average molecular weight is 316 g/mol. The van der Waals surface area contributed by atoms with Crippen molar-refractivity contribution in [2.24, 2.45) is 0 Å². The Morgan fingerprint density at radius 1 is 0.913 bits per heavy atom. The summed E-state index contributed by atoms with van der Waals surface area (Å²) < 4.78 is 18.7. The number of benzene rings is 2. The van der Waals surface area contributed by atoms with Gasteiger partial charge in [0.25, 0.3) is 0 Å². The Kier molecular flexibility index (Phi) is 5.26. The molecule has 0 aliphatic carbocycles. The van der Waals surface area contributed by atoms with Gasteiger partial charge in [0, 0.05) is 11.1 Å². The lowest BCUT2D eigenvalue weighted by molar-refractivity contribution is -1.02. The predicted octanol–water partition coefficient (Wildman–Crippen LogP) is 0.318. The van der Waals surface area contributed by atoms with E-state index in [1.54, 1.807) is 29.0 Å². The lowest BCUT2D eigenvalue weighted by Gasteiger charge is -2.30. The highest BCUT2D eigenvalue weighted by atomic mass is 19.1. The first-order chi connectivity index (χ1) is 11.2. The zero-order valence-electron chi connectivity index (χ0n) is 13.6. The van der Waals surface area contributed by atoms with Gasteiger partial charge in [-0.2, -0.15) is 0 Å². The number of quaternary nitrogens is 2. The number of halogens is 1. The van der Waals surface area contributed by atoms with Crippen molar-refractivity contribution < 1.29 is 18.9 Å². The molecular weight excluding hydrogens is 291 g/mol. The SMILES string of the molecule is COc1ccccc1C[NH+]1CC[NH+](Cc2cccc(F)c2)CC1. The van der Waals surface area contributed by atoms with Gasteiger partial charge >= 0.3 is 0 Å². The average Bonchev–Trinajstić information content (AvgIpc) is 2.57. The number of methoxy groups -OCH3 is 1. The molecule has 0 unspecified atom stereocenters. The number of rotatable bonds is 5. The topological polar surface area (TPSA) is 18.1 Å². The van der Waals surface area contributed by atoms with Crippen molar-refractivity contribution in [3.63, 3.8) is 0 Å². The standard InChI is InChI=1S/C19H23FN2O/c1-23-19-8-3-2-6-17(19)15-22-11-9-21(10-12-22)14-16-5-4-7-18(20)13-16/h2-8,13H,9-12,14-15H2,1H3/p+2. The highest BCUT2D eigenvalue weighted by Gasteiger charge is 2.24. The molecule has 0 saturated carbocycles. The zero-order valence-corrected chi connectivity index (χ0v) is 13.6. The summed E-state index contributed by atoms with van der Waals surface area (Å²) in [6.07, 6.45) is 0. The van der Waals surface area contributed by atoms with E-state index in [-0.39, 0.29) is 5.82 Å². The van der Waals surface area contributed by atoms with Gasteiger partial charge in [-0.15, -0.1) is 0 Å². The Labute approximate surface area is 137 Å². The van der Waals surface area contributed by atoms with Gasteiger partial charge in [-0.25, -0.2) is 4.39 Å². The summed E-state index contributed by atoms with van der Waals surface area (Å²) in [6, 6.07) is 15.2. The smallest absolute Gasteiger partial charge is 0.127 e. The predicted molar refractivity (Wildman–Crippen MR) is 88.2 cm³/mol. The molecule has 1 heterocycles. The normalized spacial score (nSPS) is 21.1. The highest BCUT2D eigenvalue weighted by molar-refractivity contribution is 5.32. The molecule has 0 aromatic heterocycles. The van der Waals surface area contributed by atoms with Crippen LogP contribution in [-0.4, -0.2) is 33.3 Å². The summed E-state index contributed by atoms with van der Waals surface area (Å²) in [5.41, 5.74) is 2.37. The van der Waals surface area contributed by atoms with Crippen LogP contribution in [0.25, 0.3) is 0 Å². The van der Waals surface area contributed by atoms with Crippen LogP contribution in [0.2, 0.25) is 0 Å². The van der Waals surface area contributed by atoms with Gasteiger partial charge < -0.3 is 14.5 Å². The molecule has 2 N–H and O–H groups in total. The molecule has 1 saturated heterocycles. The van der Waals surface area contributed by atoms with Crippen LogP contribution in [0.15, 0.2) is 48.5 Å². The van der Waals surface area contributed by atoms with Gasteiger partial charge in [-0.3, -0.25) is 0 Å². The summed E-state index contributed by atoms with van der Waals surface area (Å²) in [5.74, 6) is 0.844. The van der Waals surface area contributed by atoms with Crippen LogP contribution in [0.3, 0.4) is 0 Å². The largest absolute Gasteiger partial charge is 0.496 e. The molecule has 1 aliphatic rings. The van der Waals surface area contributed by atoms with E-state index in [2.05, 4.69) is 12.1 Å². The fourth-order valence-electron chi connectivity index (χ4n) is 3.36. The van der Waals surface area contributed by atoms with Crippen molar-refractivity contribution in [3.05, 3.63) is 65.5 Å². The molecule has 0 amide bonds. The number of hydrogen-bond acceptors (Lipinski definition) is 1. The van der Waals surface area contributed by atoms with E-state index in [9.17, 15) is 4.39 Å². The third-order valence-corrected chi connectivity index (χ3v) is 4.64. The Hall–Kier alpha value is -1.91. The number of ether oxygens (including phenoxy) is 1. The number of nitrogens with one attached hydrogen (secondary N) is 2. The fraction of sp³-hybridized carbons (Fsp3) is 0.368. The third kappa shape index (κ3) is 4.30. The van der Waals surface area contributed by atoms with Crippen LogP contribution >= 0.6 is 0 Å². The molecule has 0 bridgehead atoms. The first kappa shape index (κ1) is 16.0. The molecule has 23 heavy (non-hydrogen) atoms.